The second-order valence-electron chi connectivity index (χ2n) is 5.05. The lowest BCUT2D eigenvalue weighted by molar-refractivity contribution is 0.241. The van der Waals surface area contributed by atoms with E-state index in [4.69, 9.17) is 0 Å². The molecule has 1 aromatic heterocycles. The number of likely N-dealkylation sites (N-methyl/N-ethyl adjacent to an activating group) is 1. The molecule has 0 spiro atoms. The molecule has 1 aromatic carbocycles. The van der Waals surface area contributed by atoms with E-state index in [1.807, 2.05) is 37.4 Å². The van der Waals surface area contributed by atoms with Gasteiger partial charge in [0.05, 0.1) is 0 Å². The van der Waals surface area contributed by atoms with Gasteiger partial charge in [0.25, 0.3) is 0 Å². The van der Waals surface area contributed by atoms with Crippen molar-refractivity contribution >= 4 is 11.7 Å². The van der Waals surface area contributed by atoms with Gasteiger partial charge in [0, 0.05) is 44.8 Å². The monoisotopic (exact) mass is 298 g/mol. The summed E-state index contributed by atoms with van der Waals surface area (Å²) in [6, 6.07) is 13.9. The molecule has 0 saturated carbocycles. The number of hydrogen-bond acceptors (Lipinski definition) is 3. The van der Waals surface area contributed by atoms with Crippen LogP contribution in [0.1, 0.15) is 5.56 Å². The zero-order chi connectivity index (χ0) is 15.6. The first kappa shape index (κ1) is 15.8. The molecule has 0 saturated heterocycles. The van der Waals surface area contributed by atoms with Crippen molar-refractivity contribution in [3.63, 3.8) is 0 Å². The minimum absolute atomic E-state index is 0.129. The van der Waals surface area contributed by atoms with E-state index < -0.39 is 0 Å². The average molecular weight is 298 g/mol. The van der Waals surface area contributed by atoms with Crippen LogP contribution in [-0.4, -0.2) is 37.7 Å². The number of urea groups is 1. The van der Waals surface area contributed by atoms with Gasteiger partial charge < -0.3 is 15.5 Å². The van der Waals surface area contributed by atoms with Crippen LogP contribution in [0.5, 0.6) is 0 Å². The molecule has 2 aromatic rings. The van der Waals surface area contributed by atoms with E-state index in [0.29, 0.717) is 13.1 Å². The summed E-state index contributed by atoms with van der Waals surface area (Å²) in [6.45, 7) is 1.98. The summed E-state index contributed by atoms with van der Waals surface area (Å²) in [5.41, 5.74) is 2.31. The number of nitrogens with zero attached hydrogens (tertiary/aromatic N) is 2. The number of amides is 2. The van der Waals surface area contributed by atoms with Crippen LogP contribution in [-0.2, 0) is 6.42 Å². The van der Waals surface area contributed by atoms with Gasteiger partial charge in [-0.25, -0.2) is 4.79 Å². The van der Waals surface area contributed by atoms with E-state index in [1.165, 1.54) is 5.56 Å². The van der Waals surface area contributed by atoms with Crippen LogP contribution in [0.2, 0.25) is 0 Å². The van der Waals surface area contributed by atoms with Crippen LogP contribution in [0, 0.1) is 0 Å². The number of benzene rings is 1. The second-order valence-corrected chi connectivity index (χ2v) is 5.05. The largest absolute Gasteiger partial charge is 0.373 e. The molecule has 0 aliphatic heterocycles. The summed E-state index contributed by atoms with van der Waals surface area (Å²) in [6.07, 6.45) is 4.32. The molecule has 0 aliphatic carbocycles. The third kappa shape index (κ3) is 5.44. The number of rotatable bonds is 7. The number of hydrogen-bond donors (Lipinski definition) is 2. The molecular weight excluding hydrogens is 276 g/mol. The summed E-state index contributed by atoms with van der Waals surface area (Å²) in [4.78, 5) is 17.8. The van der Waals surface area contributed by atoms with Gasteiger partial charge >= 0.3 is 6.03 Å². The Bertz CT molecular complexity index is 559. The number of anilines is 1. The highest BCUT2D eigenvalue weighted by Gasteiger charge is 2.02. The quantitative estimate of drug-likeness (QED) is 0.822. The van der Waals surface area contributed by atoms with Crippen LogP contribution < -0.4 is 15.5 Å². The van der Waals surface area contributed by atoms with Gasteiger partial charge in [-0.15, -0.1) is 0 Å². The van der Waals surface area contributed by atoms with E-state index in [-0.39, 0.29) is 6.03 Å². The highest BCUT2D eigenvalue weighted by atomic mass is 16.2. The Kier molecular flexibility index (Phi) is 6.23. The second kappa shape index (κ2) is 8.67. The van der Waals surface area contributed by atoms with Gasteiger partial charge in [-0.2, -0.15) is 0 Å². The average Bonchev–Trinajstić information content (AvgIpc) is 2.56. The van der Waals surface area contributed by atoms with Crippen molar-refractivity contribution in [2.45, 2.75) is 6.42 Å². The lowest BCUT2D eigenvalue weighted by Gasteiger charge is -2.19. The van der Waals surface area contributed by atoms with Crippen LogP contribution in [0.4, 0.5) is 10.5 Å². The standard InChI is InChI=1S/C17H22N4O/c1-21(16-5-3-2-4-6-16)14-13-20-17(22)19-12-9-15-7-10-18-11-8-15/h2-8,10-11H,9,12-14H2,1H3,(H2,19,20,22). The summed E-state index contributed by atoms with van der Waals surface area (Å²) in [5.74, 6) is 0. The Balaban J connectivity index is 1.60. The molecule has 116 valence electrons. The number of nitrogens with one attached hydrogen (secondary N) is 2. The molecule has 0 unspecified atom stereocenters. The van der Waals surface area contributed by atoms with Gasteiger partial charge in [0.15, 0.2) is 0 Å². The van der Waals surface area contributed by atoms with E-state index in [2.05, 4.69) is 32.7 Å². The van der Waals surface area contributed by atoms with E-state index in [1.54, 1.807) is 12.4 Å². The SMILES string of the molecule is CN(CCNC(=O)NCCc1ccncc1)c1ccccc1. The van der Waals surface area contributed by atoms with Crippen LogP contribution in [0.15, 0.2) is 54.9 Å². The molecule has 1 heterocycles. The van der Waals surface area contributed by atoms with Gasteiger partial charge in [-0.05, 0) is 36.2 Å². The molecule has 0 atom stereocenters. The van der Waals surface area contributed by atoms with Gasteiger partial charge in [-0.1, -0.05) is 18.2 Å². The molecule has 5 heteroatoms. The fourth-order valence-electron chi connectivity index (χ4n) is 2.08. The van der Waals surface area contributed by atoms with Crippen molar-refractivity contribution in [1.29, 1.82) is 0 Å². The zero-order valence-corrected chi connectivity index (χ0v) is 12.8. The summed E-state index contributed by atoms with van der Waals surface area (Å²) in [7, 11) is 2.01. The van der Waals surface area contributed by atoms with E-state index >= 15 is 0 Å². The Morgan fingerprint density at radius 3 is 2.45 bits per heavy atom. The number of aromatic nitrogens is 1. The molecule has 2 rings (SSSR count). The third-order valence-corrected chi connectivity index (χ3v) is 3.38. The molecule has 0 radical (unpaired) electrons. The zero-order valence-electron chi connectivity index (χ0n) is 12.8. The molecule has 5 nitrogen and oxygen atoms in total. The highest BCUT2D eigenvalue weighted by molar-refractivity contribution is 5.73. The van der Waals surface area contributed by atoms with Gasteiger partial charge in [0.2, 0.25) is 0 Å². The highest BCUT2D eigenvalue weighted by Crippen LogP contribution is 2.09. The predicted octanol–water partition coefficient (Wildman–Crippen LogP) is 2.06. The van der Waals surface area contributed by atoms with E-state index in [9.17, 15) is 4.79 Å². The molecule has 2 amide bonds. The number of para-hydroxylation sites is 1. The van der Waals surface area contributed by atoms with Crippen LogP contribution in [0.25, 0.3) is 0 Å². The predicted molar refractivity (Wildman–Crippen MR) is 89.1 cm³/mol. The van der Waals surface area contributed by atoms with Crippen LogP contribution >= 0.6 is 0 Å². The number of carbonyl (C=O) groups excluding carboxylic acids is 1. The third-order valence-electron chi connectivity index (χ3n) is 3.38. The van der Waals surface area contributed by atoms with E-state index in [0.717, 1.165) is 18.7 Å². The van der Waals surface area contributed by atoms with Crippen molar-refractivity contribution in [2.24, 2.45) is 0 Å². The smallest absolute Gasteiger partial charge is 0.314 e. The van der Waals surface area contributed by atoms with Gasteiger partial charge in [0.1, 0.15) is 0 Å². The lowest BCUT2D eigenvalue weighted by Crippen LogP contribution is -2.40. The molecule has 22 heavy (non-hydrogen) atoms. The van der Waals surface area contributed by atoms with Crippen molar-refractivity contribution in [3.8, 4) is 0 Å². The van der Waals surface area contributed by atoms with Crippen molar-refractivity contribution in [2.75, 3.05) is 31.6 Å². The van der Waals surface area contributed by atoms with Crippen molar-refractivity contribution in [1.82, 2.24) is 15.6 Å². The van der Waals surface area contributed by atoms with Crippen molar-refractivity contribution in [3.05, 3.63) is 60.4 Å². The molecule has 0 fully saturated rings. The Morgan fingerprint density at radius 1 is 1.05 bits per heavy atom. The normalized spacial score (nSPS) is 10.0. The first-order chi connectivity index (χ1) is 10.8. The summed E-state index contributed by atoms with van der Waals surface area (Å²) in [5, 5.41) is 5.72. The Morgan fingerprint density at radius 2 is 1.73 bits per heavy atom. The first-order valence-electron chi connectivity index (χ1n) is 7.42. The fraction of sp³-hybridized carbons (Fsp3) is 0.294. The minimum Gasteiger partial charge on any atom is -0.373 e. The summed E-state index contributed by atoms with van der Waals surface area (Å²) < 4.78 is 0. The fourth-order valence-corrected chi connectivity index (χ4v) is 2.08. The Hall–Kier alpha value is -2.56. The maximum Gasteiger partial charge on any atom is 0.314 e. The topological polar surface area (TPSA) is 57.3 Å². The summed E-state index contributed by atoms with van der Waals surface area (Å²) >= 11 is 0. The minimum atomic E-state index is -0.129. The molecule has 2 N–H and O–H groups in total. The number of pyridine rings is 1. The maximum absolute atomic E-state index is 11.7. The Labute approximate surface area is 131 Å². The number of carbonyl (C=O) groups is 1. The lowest BCUT2D eigenvalue weighted by atomic mass is 10.2. The maximum atomic E-state index is 11.7. The van der Waals surface area contributed by atoms with Gasteiger partial charge in [-0.3, -0.25) is 4.98 Å². The van der Waals surface area contributed by atoms with Crippen molar-refractivity contribution < 1.29 is 4.79 Å². The molecular formula is C17H22N4O. The first-order valence-corrected chi connectivity index (χ1v) is 7.42. The molecule has 0 aliphatic rings. The molecule has 0 bridgehead atoms. The van der Waals surface area contributed by atoms with Crippen LogP contribution in [0.3, 0.4) is 0 Å².